The lowest BCUT2D eigenvalue weighted by Gasteiger charge is -2.25. The summed E-state index contributed by atoms with van der Waals surface area (Å²) in [4.78, 5) is 22.6. The molecule has 0 spiro atoms. The number of aromatic nitrogens is 5. The molecule has 0 bridgehead atoms. The molecule has 1 aromatic carbocycles. The van der Waals surface area contributed by atoms with E-state index in [1.54, 1.807) is 17.3 Å². The minimum atomic E-state index is -0.266. The average molecular weight is 392 g/mol. The monoisotopic (exact) mass is 392 g/mol. The van der Waals surface area contributed by atoms with Crippen LogP contribution in [-0.2, 0) is 19.4 Å². The second-order valence-corrected chi connectivity index (χ2v) is 7.31. The van der Waals surface area contributed by atoms with Crippen molar-refractivity contribution in [1.29, 1.82) is 0 Å². The van der Waals surface area contributed by atoms with Crippen LogP contribution in [0.5, 0.6) is 0 Å². The number of anilines is 2. The standard InChI is InChI=1S/C20H24N8O/c1-27(2)19-21-11-16(12-22-19)24-20(29)23-15-8-9-17-25-26-18(28(17)13-15)10-14-6-4-3-5-7-14/h3-7,11-12,15H,8-10,13H2,1-2H3,(H2,23,24,29)/t15-/m0/s1. The summed E-state index contributed by atoms with van der Waals surface area (Å²) < 4.78 is 2.12. The summed E-state index contributed by atoms with van der Waals surface area (Å²) >= 11 is 0. The van der Waals surface area contributed by atoms with Crippen molar-refractivity contribution in [3.8, 4) is 0 Å². The molecule has 2 N–H and O–H groups in total. The highest BCUT2D eigenvalue weighted by Gasteiger charge is 2.24. The number of carbonyl (C=O) groups is 1. The molecule has 0 fully saturated rings. The van der Waals surface area contributed by atoms with E-state index in [-0.39, 0.29) is 12.1 Å². The lowest BCUT2D eigenvalue weighted by molar-refractivity contribution is 0.244. The molecule has 2 amide bonds. The number of carbonyl (C=O) groups excluding carboxylic acids is 1. The van der Waals surface area contributed by atoms with Crippen LogP contribution in [0.2, 0.25) is 0 Å². The lowest BCUT2D eigenvalue weighted by atomic mass is 10.1. The Morgan fingerprint density at radius 3 is 2.66 bits per heavy atom. The molecule has 3 aromatic rings. The van der Waals surface area contributed by atoms with E-state index in [0.29, 0.717) is 18.2 Å². The molecule has 4 rings (SSSR count). The third-order valence-electron chi connectivity index (χ3n) is 4.86. The quantitative estimate of drug-likeness (QED) is 0.687. The fraction of sp³-hybridized carbons (Fsp3) is 0.350. The van der Waals surface area contributed by atoms with Crippen molar-refractivity contribution in [1.82, 2.24) is 30.0 Å². The van der Waals surface area contributed by atoms with Gasteiger partial charge < -0.3 is 20.1 Å². The van der Waals surface area contributed by atoms with Gasteiger partial charge in [-0.15, -0.1) is 10.2 Å². The lowest BCUT2D eigenvalue weighted by Crippen LogP contribution is -2.43. The summed E-state index contributed by atoms with van der Waals surface area (Å²) in [5.74, 6) is 2.49. The van der Waals surface area contributed by atoms with Crippen molar-refractivity contribution < 1.29 is 4.79 Å². The van der Waals surface area contributed by atoms with Crippen molar-refractivity contribution >= 4 is 17.7 Å². The number of aryl methyl sites for hydroxylation is 1. The SMILES string of the molecule is CN(C)c1ncc(NC(=O)N[C@H]2CCc3nnc(Cc4ccccc4)n3C2)cn1. The fourth-order valence-electron chi connectivity index (χ4n) is 3.38. The zero-order valence-corrected chi connectivity index (χ0v) is 16.5. The summed E-state index contributed by atoms with van der Waals surface area (Å²) in [7, 11) is 3.73. The maximum Gasteiger partial charge on any atom is 0.319 e. The number of rotatable bonds is 5. The van der Waals surface area contributed by atoms with Gasteiger partial charge in [0, 0.05) is 39.5 Å². The molecular weight excluding hydrogens is 368 g/mol. The fourth-order valence-corrected chi connectivity index (χ4v) is 3.38. The van der Waals surface area contributed by atoms with E-state index < -0.39 is 0 Å². The molecule has 0 aliphatic carbocycles. The molecule has 3 heterocycles. The van der Waals surface area contributed by atoms with Gasteiger partial charge in [0.1, 0.15) is 11.6 Å². The number of nitrogens with zero attached hydrogens (tertiary/aromatic N) is 6. The first-order chi connectivity index (χ1) is 14.1. The minimum Gasteiger partial charge on any atom is -0.347 e. The Hall–Kier alpha value is -3.49. The zero-order valence-electron chi connectivity index (χ0n) is 16.5. The Bertz CT molecular complexity index is 968. The van der Waals surface area contributed by atoms with Crippen LogP contribution in [0.3, 0.4) is 0 Å². The molecule has 0 saturated carbocycles. The van der Waals surface area contributed by atoms with Gasteiger partial charge in [0.25, 0.3) is 0 Å². The van der Waals surface area contributed by atoms with Crippen LogP contribution in [0, 0.1) is 0 Å². The van der Waals surface area contributed by atoms with Gasteiger partial charge in [0.05, 0.1) is 18.1 Å². The van der Waals surface area contributed by atoms with Crippen LogP contribution in [-0.4, -0.2) is 50.9 Å². The molecule has 9 heteroatoms. The van der Waals surface area contributed by atoms with E-state index in [9.17, 15) is 4.79 Å². The third-order valence-corrected chi connectivity index (χ3v) is 4.86. The molecule has 0 radical (unpaired) electrons. The van der Waals surface area contributed by atoms with Gasteiger partial charge in [-0.3, -0.25) is 0 Å². The molecule has 2 aromatic heterocycles. The predicted octanol–water partition coefficient (Wildman–Crippen LogP) is 1.86. The molecule has 29 heavy (non-hydrogen) atoms. The van der Waals surface area contributed by atoms with Crippen LogP contribution in [0.1, 0.15) is 23.6 Å². The Kier molecular flexibility index (Phi) is 5.37. The second kappa shape index (κ2) is 8.26. The van der Waals surface area contributed by atoms with Gasteiger partial charge in [0.15, 0.2) is 0 Å². The molecule has 0 unspecified atom stereocenters. The summed E-state index contributed by atoms with van der Waals surface area (Å²) in [5, 5.41) is 14.5. The highest BCUT2D eigenvalue weighted by Crippen LogP contribution is 2.18. The third kappa shape index (κ3) is 4.50. The molecule has 1 aliphatic heterocycles. The number of hydrogen-bond acceptors (Lipinski definition) is 6. The molecule has 150 valence electrons. The van der Waals surface area contributed by atoms with Crippen LogP contribution >= 0.6 is 0 Å². The van der Waals surface area contributed by atoms with Gasteiger partial charge in [-0.2, -0.15) is 0 Å². The van der Waals surface area contributed by atoms with E-state index in [1.165, 1.54) is 5.56 Å². The smallest absolute Gasteiger partial charge is 0.319 e. The van der Waals surface area contributed by atoms with Crippen molar-refractivity contribution in [2.24, 2.45) is 0 Å². The summed E-state index contributed by atoms with van der Waals surface area (Å²) in [6, 6.07) is 9.94. The largest absolute Gasteiger partial charge is 0.347 e. The Morgan fingerprint density at radius 2 is 1.93 bits per heavy atom. The number of fused-ring (bicyclic) bond motifs is 1. The topological polar surface area (TPSA) is 101 Å². The second-order valence-electron chi connectivity index (χ2n) is 7.31. The van der Waals surface area contributed by atoms with Crippen molar-refractivity contribution in [2.75, 3.05) is 24.3 Å². The zero-order chi connectivity index (χ0) is 20.2. The van der Waals surface area contributed by atoms with E-state index in [1.807, 2.05) is 32.3 Å². The van der Waals surface area contributed by atoms with E-state index in [0.717, 1.165) is 30.9 Å². The summed E-state index contributed by atoms with van der Waals surface area (Å²) in [6.45, 7) is 0.661. The van der Waals surface area contributed by atoms with Gasteiger partial charge in [0.2, 0.25) is 5.95 Å². The summed E-state index contributed by atoms with van der Waals surface area (Å²) in [6.07, 6.45) is 5.53. The maximum atomic E-state index is 12.4. The first-order valence-corrected chi connectivity index (χ1v) is 9.60. The van der Waals surface area contributed by atoms with Gasteiger partial charge in [-0.1, -0.05) is 30.3 Å². The highest BCUT2D eigenvalue weighted by atomic mass is 16.2. The average Bonchev–Trinajstić information content (AvgIpc) is 3.11. The van der Waals surface area contributed by atoms with Crippen molar-refractivity contribution in [3.05, 3.63) is 59.9 Å². The number of urea groups is 1. The normalized spacial score (nSPS) is 15.4. The number of benzene rings is 1. The molecule has 1 aliphatic rings. The first kappa shape index (κ1) is 18.9. The van der Waals surface area contributed by atoms with Crippen molar-refractivity contribution in [3.63, 3.8) is 0 Å². The van der Waals surface area contributed by atoms with Crippen LogP contribution < -0.4 is 15.5 Å². The van der Waals surface area contributed by atoms with Crippen molar-refractivity contribution in [2.45, 2.75) is 31.8 Å². The Morgan fingerprint density at radius 1 is 1.17 bits per heavy atom. The van der Waals surface area contributed by atoms with Crippen LogP contribution in [0.4, 0.5) is 16.4 Å². The van der Waals surface area contributed by atoms with Gasteiger partial charge in [-0.25, -0.2) is 14.8 Å². The van der Waals surface area contributed by atoms with E-state index >= 15 is 0 Å². The van der Waals surface area contributed by atoms with Gasteiger partial charge in [-0.05, 0) is 12.0 Å². The summed E-state index contributed by atoms with van der Waals surface area (Å²) in [5.41, 5.74) is 1.75. The Labute approximate surface area is 169 Å². The number of hydrogen-bond donors (Lipinski definition) is 2. The van der Waals surface area contributed by atoms with Crippen LogP contribution in [0.25, 0.3) is 0 Å². The molecule has 0 saturated heterocycles. The Balaban J connectivity index is 1.37. The number of nitrogens with one attached hydrogen (secondary N) is 2. The molecule has 9 nitrogen and oxygen atoms in total. The van der Waals surface area contributed by atoms with E-state index in [4.69, 9.17) is 0 Å². The van der Waals surface area contributed by atoms with Gasteiger partial charge >= 0.3 is 6.03 Å². The first-order valence-electron chi connectivity index (χ1n) is 9.60. The highest BCUT2D eigenvalue weighted by molar-refractivity contribution is 5.89. The van der Waals surface area contributed by atoms with Crippen LogP contribution in [0.15, 0.2) is 42.7 Å². The predicted molar refractivity (Wildman–Crippen MR) is 110 cm³/mol. The maximum absolute atomic E-state index is 12.4. The minimum absolute atomic E-state index is 0.00925. The number of amides is 2. The van der Waals surface area contributed by atoms with E-state index in [2.05, 4.69) is 47.5 Å². The molecule has 1 atom stereocenters. The molecular formula is C20H24N8O.